The first-order valence-electron chi connectivity index (χ1n) is 4.16. The summed E-state index contributed by atoms with van der Waals surface area (Å²) in [6.45, 7) is 2.40. The summed E-state index contributed by atoms with van der Waals surface area (Å²) < 4.78 is 10.00. The lowest BCUT2D eigenvalue weighted by Gasteiger charge is -2.10. The van der Waals surface area contributed by atoms with Crippen LogP contribution in [-0.4, -0.2) is 36.5 Å². The molecule has 0 aliphatic carbocycles. The third kappa shape index (κ3) is 2.79. The average Bonchev–Trinajstić information content (AvgIpc) is 2.51. The van der Waals surface area contributed by atoms with Gasteiger partial charge in [-0.2, -0.15) is 0 Å². The summed E-state index contributed by atoms with van der Waals surface area (Å²) in [5.74, 6) is -0.578. The number of aliphatic hydroxyl groups is 1. The number of esters is 1. The number of rotatable bonds is 3. The van der Waals surface area contributed by atoms with E-state index in [9.17, 15) is 4.79 Å². The smallest absolute Gasteiger partial charge is 0.334 e. The van der Waals surface area contributed by atoms with Gasteiger partial charge in [0.1, 0.15) is 12.7 Å². The Balaban J connectivity index is 2.12. The minimum absolute atomic E-state index is 0.0349. The summed E-state index contributed by atoms with van der Waals surface area (Å²) in [4.78, 5) is 10.8. The van der Waals surface area contributed by atoms with E-state index in [-0.39, 0.29) is 12.7 Å². The zero-order valence-corrected chi connectivity index (χ0v) is 7.16. The zero-order valence-electron chi connectivity index (χ0n) is 7.16. The molecule has 70 valence electrons. The van der Waals surface area contributed by atoms with Gasteiger partial charge in [0.05, 0.1) is 6.10 Å². The van der Waals surface area contributed by atoms with Gasteiger partial charge in [0, 0.05) is 6.61 Å². The summed E-state index contributed by atoms with van der Waals surface area (Å²) in [5, 5.41) is 8.78. The van der Waals surface area contributed by atoms with Crippen molar-refractivity contribution in [3.8, 4) is 0 Å². The molecule has 12 heavy (non-hydrogen) atoms. The molecule has 4 nitrogen and oxygen atoms in total. The van der Waals surface area contributed by atoms with Crippen molar-refractivity contribution >= 4 is 5.97 Å². The second-order valence-electron chi connectivity index (χ2n) is 2.94. The van der Waals surface area contributed by atoms with Crippen LogP contribution in [0.1, 0.15) is 19.8 Å². The number of carbonyl (C=O) groups is 1. The van der Waals surface area contributed by atoms with E-state index in [1.165, 1.54) is 6.92 Å². The Bertz CT molecular complexity index is 149. The molecule has 0 radical (unpaired) electrons. The maximum absolute atomic E-state index is 10.8. The van der Waals surface area contributed by atoms with Gasteiger partial charge in [-0.05, 0) is 19.8 Å². The maximum Gasteiger partial charge on any atom is 0.334 e. The van der Waals surface area contributed by atoms with Crippen molar-refractivity contribution in [1.29, 1.82) is 0 Å². The van der Waals surface area contributed by atoms with Crippen molar-refractivity contribution in [2.24, 2.45) is 0 Å². The van der Waals surface area contributed by atoms with Crippen LogP contribution >= 0.6 is 0 Å². The van der Waals surface area contributed by atoms with Crippen molar-refractivity contribution < 1.29 is 19.4 Å². The average molecular weight is 174 g/mol. The first kappa shape index (κ1) is 9.48. The van der Waals surface area contributed by atoms with Gasteiger partial charge in [0.2, 0.25) is 0 Å². The summed E-state index contributed by atoms with van der Waals surface area (Å²) in [5.41, 5.74) is 0. The SMILES string of the molecule is CC(O)C(=O)OC[C@H]1CCCO1. The first-order chi connectivity index (χ1) is 5.70. The molecular weight excluding hydrogens is 160 g/mol. The van der Waals surface area contributed by atoms with Gasteiger partial charge in [-0.3, -0.25) is 0 Å². The lowest BCUT2D eigenvalue weighted by Crippen LogP contribution is -2.24. The van der Waals surface area contributed by atoms with Gasteiger partial charge in [-0.25, -0.2) is 4.79 Å². The molecule has 1 unspecified atom stereocenters. The van der Waals surface area contributed by atoms with E-state index in [0.29, 0.717) is 0 Å². The van der Waals surface area contributed by atoms with Crippen molar-refractivity contribution in [2.45, 2.75) is 32.0 Å². The van der Waals surface area contributed by atoms with Crippen LogP contribution < -0.4 is 0 Å². The number of hydrogen-bond acceptors (Lipinski definition) is 4. The van der Waals surface area contributed by atoms with Gasteiger partial charge in [0.15, 0.2) is 0 Å². The quantitative estimate of drug-likeness (QED) is 0.616. The highest BCUT2D eigenvalue weighted by atomic mass is 16.6. The van der Waals surface area contributed by atoms with Crippen LogP contribution in [-0.2, 0) is 14.3 Å². The number of ether oxygens (including phenoxy) is 2. The highest BCUT2D eigenvalue weighted by molar-refractivity contribution is 5.73. The van der Waals surface area contributed by atoms with E-state index in [1.54, 1.807) is 0 Å². The van der Waals surface area contributed by atoms with Gasteiger partial charge in [-0.1, -0.05) is 0 Å². The molecule has 1 aliphatic rings. The summed E-state index contributed by atoms with van der Waals surface area (Å²) >= 11 is 0. The van der Waals surface area contributed by atoms with Gasteiger partial charge >= 0.3 is 5.97 Å². The van der Waals surface area contributed by atoms with E-state index in [4.69, 9.17) is 14.6 Å². The van der Waals surface area contributed by atoms with Crippen LogP contribution in [0.5, 0.6) is 0 Å². The molecule has 1 N–H and O–H groups in total. The lowest BCUT2D eigenvalue weighted by molar-refractivity contribution is -0.155. The first-order valence-corrected chi connectivity index (χ1v) is 4.16. The van der Waals surface area contributed by atoms with Gasteiger partial charge in [-0.15, -0.1) is 0 Å². The molecule has 1 aliphatic heterocycles. The Morgan fingerprint density at radius 3 is 3.08 bits per heavy atom. The molecule has 0 amide bonds. The highest BCUT2D eigenvalue weighted by Gasteiger charge is 2.18. The van der Waals surface area contributed by atoms with Gasteiger partial charge in [0.25, 0.3) is 0 Å². The third-order valence-electron chi connectivity index (χ3n) is 1.78. The maximum atomic E-state index is 10.8. The number of aliphatic hydroxyl groups excluding tert-OH is 1. The van der Waals surface area contributed by atoms with Crippen LogP contribution in [0.25, 0.3) is 0 Å². The largest absolute Gasteiger partial charge is 0.461 e. The highest BCUT2D eigenvalue weighted by Crippen LogP contribution is 2.11. The summed E-state index contributed by atoms with van der Waals surface area (Å²) in [7, 11) is 0. The lowest BCUT2D eigenvalue weighted by atomic mass is 10.2. The van der Waals surface area contributed by atoms with Crippen molar-refractivity contribution in [3.05, 3.63) is 0 Å². The molecule has 0 aromatic heterocycles. The standard InChI is InChI=1S/C8H14O4/c1-6(9)8(10)12-5-7-3-2-4-11-7/h6-7,9H,2-5H2,1H3/t6?,7-/m1/s1. The fourth-order valence-electron chi connectivity index (χ4n) is 1.07. The Labute approximate surface area is 71.5 Å². The number of carbonyl (C=O) groups excluding carboxylic acids is 1. The van der Waals surface area contributed by atoms with E-state index in [2.05, 4.69) is 0 Å². The molecule has 1 rings (SSSR count). The predicted molar refractivity (Wildman–Crippen MR) is 41.6 cm³/mol. The summed E-state index contributed by atoms with van der Waals surface area (Å²) in [6.07, 6.45) is 0.961. The summed E-state index contributed by atoms with van der Waals surface area (Å²) in [6, 6.07) is 0. The van der Waals surface area contributed by atoms with Crippen LogP contribution in [0.15, 0.2) is 0 Å². The Hall–Kier alpha value is -0.610. The molecule has 2 atom stereocenters. The molecule has 1 saturated heterocycles. The fraction of sp³-hybridized carbons (Fsp3) is 0.875. The van der Waals surface area contributed by atoms with E-state index in [0.717, 1.165) is 19.4 Å². The van der Waals surface area contributed by atoms with Crippen molar-refractivity contribution in [1.82, 2.24) is 0 Å². The van der Waals surface area contributed by atoms with Crippen LogP contribution in [0.3, 0.4) is 0 Å². The minimum atomic E-state index is -1.04. The number of hydrogen-bond donors (Lipinski definition) is 1. The molecule has 0 aromatic rings. The molecular formula is C8H14O4. The second kappa shape index (κ2) is 4.42. The van der Waals surface area contributed by atoms with E-state index < -0.39 is 12.1 Å². The molecule has 0 bridgehead atoms. The predicted octanol–water partition coefficient (Wildman–Crippen LogP) is 0.0894. The van der Waals surface area contributed by atoms with Crippen molar-refractivity contribution in [2.75, 3.05) is 13.2 Å². The normalized spacial score (nSPS) is 25.3. The molecule has 1 fully saturated rings. The Kier molecular flexibility index (Phi) is 3.49. The minimum Gasteiger partial charge on any atom is -0.461 e. The van der Waals surface area contributed by atoms with E-state index in [1.807, 2.05) is 0 Å². The fourth-order valence-corrected chi connectivity index (χ4v) is 1.07. The van der Waals surface area contributed by atoms with Gasteiger partial charge < -0.3 is 14.6 Å². The van der Waals surface area contributed by atoms with E-state index >= 15 is 0 Å². The molecule has 4 heteroatoms. The van der Waals surface area contributed by atoms with Crippen LogP contribution in [0.2, 0.25) is 0 Å². The second-order valence-corrected chi connectivity index (χ2v) is 2.94. The Morgan fingerprint density at radius 1 is 1.83 bits per heavy atom. The molecule has 0 spiro atoms. The van der Waals surface area contributed by atoms with Crippen LogP contribution in [0, 0.1) is 0 Å². The topological polar surface area (TPSA) is 55.8 Å². The third-order valence-corrected chi connectivity index (χ3v) is 1.78. The van der Waals surface area contributed by atoms with Crippen molar-refractivity contribution in [3.63, 3.8) is 0 Å². The molecule has 0 saturated carbocycles. The Morgan fingerprint density at radius 2 is 2.58 bits per heavy atom. The van der Waals surface area contributed by atoms with Crippen LogP contribution in [0.4, 0.5) is 0 Å². The zero-order chi connectivity index (χ0) is 8.97. The molecule has 1 heterocycles. The monoisotopic (exact) mass is 174 g/mol. The molecule has 0 aromatic carbocycles.